The summed E-state index contributed by atoms with van der Waals surface area (Å²) in [5.41, 5.74) is 0.834. The Morgan fingerprint density at radius 1 is 1.10 bits per heavy atom. The maximum atomic E-state index is 4.63. The summed E-state index contributed by atoms with van der Waals surface area (Å²) in [6.45, 7) is 9.17. The van der Waals surface area contributed by atoms with Crippen molar-refractivity contribution in [2.45, 2.75) is 33.1 Å². The van der Waals surface area contributed by atoms with Crippen molar-refractivity contribution in [1.29, 1.82) is 0 Å². The van der Waals surface area contributed by atoms with Gasteiger partial charge in [0.2, 0.25) is 0 Å². The number of hydrogen-bond acceptors (Lipinski definition) is 5. The number of nitrogens with one attached hydrogen (secondary N) is 1. The third-order valence-corrected chi connectivity index (χ3v) is 3.42. The Balaban J connectivity index is 2.62. The highest BCUT2D eigenvalue weighted by Crippen LogP contribution is 2.33. The van der Waals surface area contributed by atoms with Crippen molar-refractivity contribution >= 4 is 21.7 Å². The van der Waals surface area contributed by atoms with E-state index in [-0.39, 0.29) is 5.41 Å². The van der Waals surface area contributed by atoms with E-state index in [0.717, 1.165) is 22.5 Å². The zero-order valence-electron chi connectivity index (χ0n) is 12.1. The Morgan fingerprint density at radius 2 is 1.75 bits per heavy atom. The van der Waals surface area contributed by atoms with Gasteiger partial charge in [-0.3, -0.25) is 0 Å². The molecular formula is C14H18BrN5. The Bertz CT molecular complexity index is 593. The predicted octanol–water partition coefficient (Wildman–Crippen LogP) is 3.43. The quantitative estimate of drug-likeness (QED) is 0.930. The zero-order valence-corrected chi connectivity index (χ0v) is 13.7. The van der Waals surface area contributed by atoms with Crippen LogP contribution in [0.5, 0.6) is 0 Å². The molecule has 1 N–H and O–H groups in total. The lowest BCUT2D eigenvalue weighted by Gasteiger charge is -2.21. The van der Waals surface area contributed by atoms with Crippen LogP contribution in [0.25, 0.3) is 11.6 Å². The van der Waals surface area contributed by atoms with Gasteiger partial charge >= 0.3 is 0 Å². The molecule has 0 aliphatic carbocycles. The SMILES string of the molecule is CCNc1nc(-c2ncccn2)nc(C(C)(C)C)c1Br. The van der Waals surface area contributed by atoms with Crippen molar-refractivity contribution < 1.29 is 0 Å². The summed E-state index contributed by atoms with van der Waals surface area (Å²) in [5.74, 6) is 1.84. The van der Waals surface area contributed by atoms with Gasteiger partial charge in [0.15, 0.2) is 11.6 Å². The van der Waals surface area contributed by atoms with Gasteiger partial charge in [0.1, 0.15) is 5.82 Å². The lowest BCUT2D eigenvalue weighted by atomic mass is 9.92. The van der Waals surface area contributed by atoms with Crippen molar-refractivity contribution in [2.24, 2.45) is 0 Å². The molecule has 0 bridgehead atoms. The average molecular weight is 336 g/mol. The van der Waals surface area contributed by atoms with Crippen LogP contribution in [-0.2, 0) is 5.41 Å². The molecule has 0 amide bonds. The smallest absolute Gasteiger partial charge is 0.200 e. The summed E-state index contributed by atoms with van der Waals surface area (Å²) in [7, 11) is 0. The van der Waals surface area contributed by atoms with Gasteiger partial charge in [0.25, 0.3) is 0 Å². The van der Waals surface area contributed by atoms with E-state index in [0.29, 0.717) is 11.6 Å². The number of anilines is 1. The second-order valence-corrected chi connectivity index (χ2v) is 6.20. The molecule has 0 aromatic carbocycles. The normalized spacial score (nSPS) is 11.4. The van der Waals surface area contributed by atoms with E-state index < -0.39 is 0 Å². The highest BCUT2D eigenvalue weighted by Gasteiger charge is 2.24. The fourth-order valence-corrected chi connectivity index (χ4v) is 2.66. The maximum absolute atomic E-state index is 4.63. The van der Waals surface area contributed by atoms with Crippen LogP contribution in [0.4, 0.5) is 5.82 Å². The summed E-state index contributed by atoms with van der Waals surface area (Å²) in [6, 6.07) is 1.78. The molecule has 0 spiro atoms. The summed E-state index contributed by atoms with van der Waals surface area (Å²) >= 11 is 3.60. The van der Waals surface area contributed by atoms with Crippen molar-refractivity contribution in [1.82, 2.24) is 19.9 Å². The Hall–Kier alpha value is -1.56. The first kappa shape index (κ1) is 14.8. The van der Waals surface area contributed by atoms with Gasteiger partial charge < -0.3 is 5.32 Å². The van der Waals surface area contributed by atoms with Crippen molar-refractivity contribution in [3.05, 3.63) is 28.6 Å². The molecule has 0 saturated carbocycles. The molecule has 5 nitrogen and oxygen atoms in total. The predicted molar refractivity (Wildman–Crippen MR) is 83.6 cm³/mol. The molecule has 0 radical (unpaired) electrons. The van der Waals surface area contributed by atoms with Gasteiger partial charge in [-0.25, -0.2) is 19.9 Å². The molecule has 2 aromatic rings. The largest absolute Gasteiger partial charge is 0.369 e. The van der Waals surface area contributed by atoms with Crippen molar-refractivity contribution in [2.75, 3.05) is 11.9 Å². The first-order valence-electron chi connectivity index (χ1n) is 6.52. The van der Waals surface area contributed by atoms with E-state index in [1.807, 2.05) is 6.92 Å². The molecule has 0 aliphatic heterocycles. The van der Waals surface area contributed by atoms with Crippen LogP contribution in [0.1, 0.15) is 33.4 Å². The fraction of sp³-hybridized carbons (Fsp3) is 0.429. The van der Waals surface area contributed by atoms with Gasteiger partial charge in [-0.1, -0.05) is 20.8 Å². The van der Waals surface area contributed by atoms with Crippen molar-refractivity contribution in [3.8, 4) is 11.6 Å². The van der Waals surface area contributed by atoms with E-state index in [4.69, 9.17) is 0 Å². The second kappa shape index (κ2) is 5.83. The van der Waals surface area contributed by atoms with Gasteiger partial charge in [-0.15, -0.1) is 0 Å². The van der Waals surface area contributed by atoms with Gasteiger partial charge in [0, 0.05) is 24.4 Å². The lowest BCUT2D eigenvalue weighted by molar-refractivity contribution is 0.564. The molecular weight excluding hydrogens is 318 g/mol. The van der Waals surface area contributed by atoms with Crippen LogP contribution in [0, 0.1) is 0 Å². The van der Waals surface area contributed by atoms with Gasteiger partial charge in [0.05, 0.1) is 10.2 Å². The monoisotopic (exact) mass is 335 g/mol. The molecule has 0 unspecified atom stereocenters. The minimum Gasteiger partial charge on any atom is -0.369 e. The Labute approximate surface area is 127 Å². The van der Waals surface area contributed by atoms with Crippen LogP contribution in [-0.4, -0.2) is 26.5 Å². The van der Waals surface area contributed by atoms with E-state index in [1.165, 1.54) is 0 Å². The molecule has 0 fully saturated rings. The molecule has 0 aliphatic rings. The van der Waals surface area contributed by atoms with Gasteiger partial charge in [-0.05, 0) is 28.9 Å². The van der Waals surface area contributed by atoms with Gasteiger partial charge in [-0.2, -0.15) is 0 Å². The number of rotatable bonds is 3. The molecule has 106 valence electrons. The zero-order chi connectivity index (χ0) is 14.8. The van der Waals surface area contributed by atoms with E-state index >= 15 is 0 Å². The highest BCUT2D eigenvalue weighted by atomic mass is 79.9. The van der Waals surface area contributed by atoms with E-state index in [9.17, 15) is 0 Å². The lowest BCUT2D eigenvalue weighted by Crippen LogP contribution is -2.18. The molecule has 0 atom stereocenters. The summed E-state index contributed by atoms with van der Waals surface area (Å²) in [4.78, 5) is 17.6. The van der Waals surface area contributed by atoms with E-state index in [1.54, 1.807) is 18.5 Å². The topological polar surface area (TPSA) is 63.6 Å². The first-order chi connectivity index (χ1) is 9.43. The van der Waals surface area contributed by atoms with Crippen LogP contribution < -0.4 is 5.32 Å². The minimum absolute atomic E-state index is 0.102. The summed E-state index contributed by atoms with van der Waals surface area (Å²) in [5, 5.41) is 3.24. The minimum atomic E-state index is -0.102. The molecule has 20 heavy (non-hydrogen) atoms. The van der Waals surface area contributed by atoms with E-state index in [2.05, 4.69) is 62.0 Å². The first-order valence-corrected chi connectivity index (χ1v) is 7.32. The third-order valence-electron chi connectivity index (χ3n) is 2.67. The fourth-order valence-electron chi connectivity index (χ4n) is 1.74. The number of nitrogens with zero attached hydrogens (tertiary/aromatic N) is 4. The van der Waals surface area contributed by atoms with Crippen molar-refractivity contribution in [3.63, 3.8) is 0 Å². The number of hydrogen-bond donors (Lipinski definition) is 1. The Kier molecular flexibility index (Phi) is 4.32. The molecule has 2 aromatic heterocycles. The van der Waals surface area contributed by atoms with Crippen LogP contribution in [0.2, 0.25) is 0 Å². The molecule has 2 heterocycles. The standard InChI is InChI=1S/C14H18BrN5/c1-5-16-11-9(15)10(14(2,3)4)19-13(20-11)12-17-7-6-8-18-12/h6-8H,5H2,1-4H3,(H,16,19,20). The average Bonchev–Trinajstić information content (AvgIpc) is 2.41. The number of aromatic nitrogens is 4. The summed E-state index contributed by atoms with van der Waals surface area (Å²) in [6.07, 6.45) is 3.38. The third kappa shape index (κ3) is 3.12. The molecule has 0 saturated heterocycles. The highest BCUT2D eigenvalue weighted by molar-refractivity contribution is 9.10. The van der Waals surface area contributed by atoms with Crippen LogP contribution >= 0.6 is 15.9 Å². The summed E-state index contributed by atoms with van der Waals surface area (Å²) < 4.78 is 0.895. The molecule has 2 rings (SSSR count). The second-order valence-electron chi connectivity index (χ2n) is 5.41. The number of halogens is 1. The molecule has 6 heteroatoms. The maximum Gasteiger partial charge on any atom is 0.200 e. The Morgan fingerprint density at radius 3 is 2.30 bits per heavy atom. The van der Waals surface area contributed by atoms with Crippen LogP contribution in [0.3, 0.4) is 0 Å². The van der Waals surface area contributed by atoms with Crippen LogP contribution in [0.15, 0.2) is 22.9 Å².